The number of carbonyl (C=O) groups is 1. The van der Waals surface area contributed by atoms with Gasteiger partial charge < -0.3 is 15.0 Å². The molecule has 4 rings (SSSR count). The Labute approximate surface area is 150 Å². The molecule has 2 aliphatic heterocycles. The van der Waals surface area contributed by atoms with Gasteiger partial charge in [-0.25, -0.2) is 0 Å². The number of nitrogens with one attached hydrogen (secondary N) is 1. The number of hydrogen-bond acceptors (Lipinski definition) is 4. The quantitative estimate of drug-likeness (QED) is 0.913. The first kappa shape index (κ1) is 17.0. The second-order valence-corrected chi connectivity index (χ2v) is 8.02. The largest absolute Gasteiger partial charge is 0.381 e. The Morgan fingerprint density at radius 2 is 2.04 bits per heavy atom. The topological polar surface area (TPSA) is 54.5 Å². The standard InChI is InChI=1S/C20H29N3O2/c1-23-18(24)13-16(19(23)15-4-9-21-10-5-15)14-22-17-3-2-6-20(17)7-11-25-12-8-20/h4-5,9-10,16-17,19,22H,2-3,6-8,11-14H2,1H3/t16-,17?,19-/m0/s1. The highest BCUT2D eigenvalue weighted by molar-refractivity contribution is 5.79. The lowest BCUT2D eigenvalue weighted by Gasteiger charge is -2.40. The van der Waals surface area contributed by atoms with E-state index in [-0.39, 0.29) is 11.9 Å². The van der Waals surface area contributed by atoms with Gasteiger partial charge in [-0.15, -0.1) is 0 Å². The summed E-state index contributed by atoms with van der Waals surface area (Å²) in [4.78, 5) is 18.4. The van der Waals surface area contributed by atoms with Crippen LogP contribution >= 0.6 is 0 Å². The summed E-state index contributed by atoms with van der Waals surface area (Å²) in [5.74, 6) is 0.582. The Morgan fingerprint density at radius 3 is 2.80 bits per heavy atom. The molecule has 136 valence electrons. The molecule has 1 aromatic rings. The predicted molar refractivity (Wildman–Crippen MR) is 96.0 cm³/mol. The molecule has 0 aromatic carbocycles. The van der Waals surface area contributed by atoms with Crippen molar-refractivity contribution in [3.05, 3.63) is 30.1 Å². The zero-order valence-corrected chi connectivity index (χ0v) is 15.1. The molecule has 25 heavy (non-hydrogen) atoms. The van der Waals surface area contributed by atoms with Crippen LogP contribution < -0.4 is 5.32 Å². The van der Waals surface area contributed by atoms with E-state index in [1.165, 1.54) is 37.7 Å². The summed E-state index contributed by atoms with van der Waals surface area (Å²) in [7, 11) is 1.93. The van der Waals surface area contributed by atoms with Gasteiger partial charge in [-0.05, 0) is 48.8 Å². The number of hydrogen-bond donors (Lipinski definition) is 1. The van der Waals surface area contributed by atoms with Crippen LogP contribution in [0, 0.1) is 11.3 Å². The molecule has 3 atom stereocenters. The van der Waals surface area contributed by atoms with Gasteiger partial charge in [0.05, 0.1) is 6.04 Å². The summed E-state index contributed by atoms with van der Waals surface area (Å²) >= 11 is 0. The van der Waals surface area contributed by atoms with E-state index in [0.717, 1.165) is 19.8 Å². The third kappa shape index (κ3) is 3.20. The fourth-order valence-electron chi connectivity index (χ4n) is 5.32. The first-order valence-corrected chi connectivity index (χ1v) is 9.66. The second-order valence-electron chi connectivity index (χ2n) is 8.02. The number of nitrogens with zero attached hydrogens (tertiary/aromatic N) is 2. The van der Waals surface area contributed by atoms with Crippen molar-refractivity contribution in [1.82, 2.24) is 15.2 Å². The summed E-state index contributed by atoms with van der Waals surface area (Å²) in [5, 5.41) is 3.87. The number of aromatic nitrogens is 1. The van der Waals surface area contributed by atoms with Crippen LogP contribution in [0.5, 0.6) is 0 Å². The highest BCUT2D eigenvalue weighted by Crippen LogP contribution is 2.46. The fourth-order valence-corrected chi connectivity index (χ4v) is 5.32. The summed E-state index contributed by atoms with van der Waals surface area (Å²) in [6, 6.07) is 4.83. The van der Waals surface area contributed by atoms with Crippen molar-refractivity contribution in [3.8, 4) is 0 Å². The molecule has 5 heteroatoms. The Balaban J connectivity index is 1.45. The van der Waals surface area contributed by atoms with Gasteiger partial charge in [0.15, 0.2) is 0 Å². The summed E-state index contributed by atoms with van der Waals surface area (Å²) in [6.07, 6.45) is 10.6. The molecule has 1 saturated carbocycles. The van der Waals surface area contributed by atoms with Crippen LogP contribution in [0.4, 0.5) is 0 Å². The van der Waals surface area contributed by atoms with Gasteiger partial charge >= 0.3 is 0 Å². The molecule has 1 unspecified atom stereocenters. The van der Waals surface area contributed by atoms with Gasteiger partial charge in [0, 0.05) is 57.6 Å². The molecular weight excluding hydrogens is 314 g/mol. The highest BCUT2D eigenvalue weighted by Gasteiger charge is 2.45. The van der Waals surface area contributed by atoms with E-state index in [9.17, 15) is 4.79 Å². The highest BCUT2D eigenvalue weighted by atomic mass is 16.5. The van der Waals surface area contributed by atoms with Crippen LogP contribution in [-0.2, 0) is 9.53 Å². The molecule has 0 radical (unpaired) electrons. The minimum atomic E-state index is 0.162. The molecule has 1 aromatic heterocycles. The third-order valence-corrected chi connectivity index (χ3v) is 6.76. The molecule has 1 N–H and O–H groups in total. The number of rotatable bonds is 4. The van der Waals surface area contributed by atoms with Gasteiger partial charge in [0.25, 0.3) is 0 Å². The van der Waals surface area contributed by atoms with Gasteiger partial charge in [0.2, 0.25) is 5.91 Å². The number of likely N-dealkylation sites (tertiary alicyclic amines) is 1. The smallest absolute Gasteiger partial charge is 0.223 e. The molecular formula is C20H29N3O2. The minimum Gasteiger partial charge on any atom is -0.381 e. The maximum Gasteiger partial charge on any atom is 0.223 e. The van der Waals surface area contributed by atoms with Crippen LogP contribution in [-0.4, -0.2) is 48.6 Å². The number of pyridine rings is 1. The van der Waals surface area contributed by atoms with Crippen LogP contribution in [0.25, 0.3) is 0 Å². The van der Waals surface area contributed by atoms with Crippen LogP contribution in [0.1, 0.15) is 50.1 Å². The van der Waals surface area contributed by atoms with E-state index in [0.29, 0.717) is 23.8 Å². The van der Waals surface area contributed by atoms with E-state index >= 15 is 0 Å². The Bertz CT molecular complexity index is 600. The molecule has 3 heterocycles. The van der Waals surface area contributed by atoms with E-state index in [1.54, 1.807) is 0 Å². The summed E-state index contributed by atoms with van der Waals surface area (Å²) in [5.41, 5.74) is 1.63. The minimum absolute atomic E-state index is 0.162. The first-order valence-electron chi connectivity index (χ1n) is 9.66. The number of ether oxygens (including phenoxy) is 1. The summed E-state index contributed by atoms with van der Waals surface area (Å²) in [6.45, 7) is 2.72. The second kappa shape index (κ2) is 7.04. The van der Waals surface area contributed by atoms with Crippen LogP contribution in [0.15, 0.2) is 24.5 Å². The van der Waals surface area contributed by atoms with Gasteiger partial charge in [-0.3, -0.25) is 9.78 Å². The zero-order chi connectivity index (χ0) is 17.3. The molecule has 1 aliphatic carbocycles. The Kier molecular flexibility index (Phi) is 4.78. The lowest BCUT2D eigenvalue weighted by atomic mass is 9.75. The fraction of sp³-hybridized carbons (Fsp3) is 0.700. The first-order chi connectivity index (χ1) is 12.2. The van der Waals surface area contributed by atoms with Crippen molar-refractivity contribution in [3.63, 3.8) is 0 Å². The van der Waals surface area contributed by atoms with Crippen LogP contribution in [0.2, 0.25) is 0 Å². The van der Waals surface area contributed by atoms with Crippen molar-refractivity contribution < 1.29 is 9.53 Å². The monoisotopic (exact) mass is 343 g/mol. The van der Waals surface area contributed by atoms with E-state index < -0.39 is 0 Å². The number of carbonyl (C=O) groups excluding carboxylic acids is 1. The van der Waals surface area contributed by atoms with Crippen molar-refractivity contribution in [2.24, 2.45) is 11.3 Å². The van der Waals surface area contributed by atoms with Gasteiger partial charge in [0.1, 0.15) is 0 Å². The predicted octanol–water partition coefficient (Wildman–Crippen LogP) is 2.54. The van der Waals surface area contributed by atoms with Gasteiger partial charge in [-0.1, -0.05) is 6.42 Å². The molecule has 0 bridgehead atoms. The maximum absolute atomic E-state index is 12.3. The summed E-state index contributed by atoms with van der Waals surface area (Å²) < 4.78 is 5.60. The van der Waals surface area contributed by atoms with Crippen molar-refractivity contribution in [1.29, 1.82) is 0 Å². The third-order valence-electron chi connectivity index (χ3n) is 6.76. The van der Waals surface area contributed by atoms with Gasteiger partial charge in [-0.2, -0.15) is 0 Å². The zero-order valence-electron chi connectivity index (χ0n) is 15.1. The van der Waals surface area contributed by atoms with Crippen molar-refractivity contribution in [2.75, 3.05) is 26.8 Å². The average Bonchev–Trinajstić information content (AvgIpc) is 3.15. The molecule has 3 aliphatic rings. The normalized spacial score (nSPS) is 31.8. The molecule has 1 spiro atoms. The van der Waals surface area contributed by atoms with Crippen molar-refractivity contribution >= 4 is 5.91 Å². The molecule has 1 amide bonds. The lowest BCUT2D eigenvalue weighted by molar-refractivity contribution is -0.127. The number of amides is 1. The van der Waals surface area contributed by atoms with Crippen molar-refractivity contribution in [2.45, 2.75) is 50.6 Å². The van der Waals surface area contributed by atoms with Crippen LogP contribution in [0.3, 0.4) is 0 Å². The SMILES string of the molecule is CN1C(=O)C[C@@H](CNC2CCCC23CCOCC3)[C@@H]1c1ccncc1. The Morgan fingerprint density at radius 1 is 1.28 bits per heavy atom. The van der Waals surface area contributed by atoms with E-state index in [4.69, 9.17) is 4.74 Å². The molecule has 3 fully saturated rings. The Hall–Kier alpha value is -1.46. The molecule has 5 nitrogen and oxygen atoms in total. The average molecular weight is 343 g/mol. The lowest BCUT2D eigenvalue weighted by Crippen LogP contribution is -2.46. The maximum atomic E-state index is 12.3. The molecule has 2 saturated heterocycles. The van der Waals surface area contributed by atoms with E-state index in [2.05, 4.69) is 10.3 Å². The van der Waals surface area contributed by atoms with E-state index in [1.807, 2.05) is 36.5 Å².